The van der Waals surface area contributed by atoms with Crippen molar-refractivity contribution in [3.8, 4) is 0 Å². The highest BCUT2D eigenvalue weighted by Gasteiger charge is 2.31. The molecular formula is C19H17ClN4O. The van der Waals surface area contributed by atoms with Crippen molar-refractivity contribution in [2.45, 2.75) is 19.0 Å². The van der Waals surface area contributed by atoms with Gasteiger partial charge in [0.1, 0.15) is 12.7 Å². The van der Waals surface area contributed by atoms with Crippen LogP contribution in [0.25, 0.3) is 0 Å². The number of amides is 1. The molecule has 2 aromatic carbocycles. The summed E-state index contributed by atoms with van der Waals surface area (Å²) in [6.45, 7) is 1.26. The summed E-state index contributed by atoms with van der Waals surface area (Å²) in [5.74, 6) is 0.0104. The van der Waals surface area contributed by atoms with Gasteiger partial charge in [0.15, 0.2) is 0 Å². The van der Waals surface area contributed by atoms with Gasteiger partial charge in [0.2, 0.25) is 0 Å². The number of carbonyl (C=O) groups is 1. The number of fused-ring (bicyclic) bond motifs is 1. The zero-order valence-corrected chi connectivity index (χ0v) is 14.3. The number of hydrogen-bond donors (Lipinski definition) is 0. The molecule has 3 aromatic rings. The molecule has 0 saturated carbocycles. The molecular weight excluding hydrogens is 336 g/mol. The highest BCUT2D eigenvalue weighted by molar-refractivity contribution is 6.30. The lowest BCUT2D eigenvalue weighted by Crippen LogP contribution is -2.42. The van der Waals surface area contributed by atoms with E-state index in [-0.39, 0.29) is 11.9 Å². The van der Waals surface area contributed by atoms with Crippen LogP contribution in [0.3, 0.4) is 0 Å². The Bertz CT molecular complexity index is 877. The van der Waals surface area contributed by atoms with E-state index in [1.54, 1.807) is 35.3 Å². The molecule has 0 saturated heterocycles. The Balaban J connectivity index is 1.70. The fourth-order valence-electron chi connectivity index (χ4n) is 3.35. The van der Waals surface area contributed by atoms with Crippen molar-refractivity contribution in [3.05, 3.63) is 82.9 Å². The van der Waals surface area contributed by atoms with E-state index in [2.05, 4.69) is 22.2 Å². The van der Waals surface area contributed by atoms with Crippen LogP contribution in [0.1, 0.15) is 27.5 Å². The van der Waals surface area contributed by atoms with Crippen LogP contribution in [0.15, 0.2) is 61.2 Å². The molecule has 0 fully saturated rings. The third-order valence-electron chi connectivity index (χ3n) is 4.59. The van der Waals surface area contributed by atoms with Gasteiger partial charge in [-0.2, -0.15) is 5.10 Å². The van der Waals surface area contributed by atoms with E-state index in [0.29, 0.717) is 23.7 Å². The zero-order chi connectivity index (χ0) is 17.2. The van der Waals surface area contributed by atoms with Gasteiger partial charge in [0.05, 0.1) is 12.6 Å². The second-order valence-corrected chi connectivity index (χ2v) is 6.52. The molecule has 1 atom stereocenters. The first kappa shape index (κ1) is 15.8. The molecule has 1 unspecified atom stereocenters. The minimum atomic E-state index is -0.0742. The van der Waals surface area contributed by atoms with Crippen LogP contribution in [-0.4, -0.2) is 32.1 Å². The summed E-state index contributed by atoms with van der Waals surface area (Å²) in [5, 5.41) is 4.84. The van der Waals surface area contributed by atoms with Crippen LogP contribution in [0.5, 0.6) is 0 Å². The average Bonchev–Trinajstić information content (AvgIpc) is 3.15. The molecule has 0 aliphatic carbocycles. The van der Waals surface area contributed by atoms with Gasteiger partial charge in [0, 0.05) is 17.1 Å². The van der Waals surface area contributed by atoms with Crippen molar-refractivity contribution in [2.75, 3.05) is 6.54 Å². The quantitative estimate of drug-likeness (QED) is 0.726. The Morgan fingerprint density at radius 2 is 1.96 bits per heavy atom. The van der Waals surface area contributed by atoms with Crippen molar-refractivity contribution >= 4 is 17.5 Å². The molecule has 0 radical (unpaired) electrons. The zero-order valence-electron chi connectivity index (χ0n) is 13.5. The molecule has 2 heterocycles. The van der Waals surface area contributed by atoms with E-state index in [1.807, 2.05) is 17.0 Å². The van der Waals surface area contributed by atoms with Crippen molar-refractivity contribution < 1.29 is 4.79 Å². The summed E-state index contributed by atoms with van der Waals surface area (Å²) in [6, 6.07) is 15.3. The van der Waals surface area contributed by atoms with Crippen LogP contribution in [0.2, 0.25) is 5.02 Å². The Morgan fingerprint density at radius 3 is 2.72 bits per heavy atom. The van der Waals surface area contributed by atoms with Gasteiger partial charge in [0.25, 0.3) is 5.91 Å². The maximum atomic E-state index is 13.1. The Labute approximate surface area is 150 Å². The summed E-state index contributed by atoms with van der Waals surface area (Å²) in [5.41, 5.74) is 3.10. The molecule has 5 nitrogen and oxygen atoms in total. The van der Waals surface area contributed by atoms with Crippen LogP contribution < -0.4 is 0 Å². The molecule has 4 rings (SSSR count). The van der Waals surface area contributed by atoms with E-state index in [4.69, 9.17) is 11.6 Å². The maximum Gasteiger partial charge on any atom is 0.254 e. The second kappa shape index (κ2) is 6.69. The normalized spacial score (nSPS) is 16.5. The van der Waals surface area contributed by atoms with Gasteiger partial charge in [-0.15, -0.1) is 0 Å². The molecule has 126 valence electrons. The summed E-state index contributed by atoms with van der Waals surface area (Å²) in [7, 11) is 0. The highest BCUT2D eigenvalue weighted by Crippen LogP contribution is 2.32. The van der Waals surface area contributed by atoms with Gasteiger partial charge in [-0.3, -0.25) is 9.48 Å². The first-order chi connectivity index (χ1) is 12.2. The predicted molar refractivity (Wildman–Crippen MR) is 95.4 cm³/mol. The van der Waals surface area contributed by atoms with Crippen molar-refractivity contribution in [3.63, 3.8) is 0 Å². The van der Waals surface area contributed by atoms with E-state index in [0.717, 1.165) is 6.42 Å². The van der Waals surface area contributed by atoms with Crippen LogP contribution in [0, 0.1) is 0 Å². The molecule has 1 aliphatic heterocycles. The Kier molecular flexibility index (Phi) is 4.24. The average molecular weight is 353 g/mol. The summed E-state index contributed by atoms with van der Waals surface area (Å²) in [6.07, 6.45) is 4.05. The minimum Gasteiger partial charge on any atom is -0.329 e. The first-order valence-electron chi connectivity index (χ1n) is 8.19. The van der Waals surface area contributed by atoms with Crippen LogP contribution >= 0.6 is 11.6 Å². The van der Waals surface area contributed by atoms with Crippen molar-refractivity contribution in [1.82, 2.24) is 19.7 Å². The fraction of sp³-hybridized carbons (Fsp3) is 0.211. The third-order valence-corrected chi connectivity index (χ3v) is 4.84. The SMILES string of the molecule is O=C(c1ccc(Cl)cc1)N1CCc2ccccc2C1Cn1cncn1. The van der Waals surface area contributed by atoms with Crippen LogP contribution in [0.4, 0.5) is 0 Å². The van der Waals surface area contributed by atoms with Crippen molar-refractivity contribution in [2.24, 2.45) is 0 Å². The topological polar surface area (TPSA) is 51.0 Å². The molecule has 1 aromatic heterocycles. The smallest absolute Gasteiger partial charge is 0.254 e. The maximum absolute atomic E-state index is 13.1. The lowest BCUT2D eigenvalue weighted by molar-refractivity contribution is 0.0636. The van der Waals surface area contributed by atoms with E-state index >= 15 is 0 Å². The molecule has 25 heavy (non-hydrogen) atoms. The largest absolute Gasteiger partial charge is 0.329 e. The number of carbonyl (C=O) groups excluding carboxylic acids is 1. The van der Waals surface area contributed by atoms with Crippen LogP contribution in [-0.2, 0) is 13.0 Å². The molecule has 6 heteroatoms. The summed E-state index contributed by atoms with van der Waals surface area (Å²) >= 11 is 5.95. The highest BCUT2D eigenvalue weighted by atomic mass is 35.5. The Morgan fingerprint density at radius 1 is 1.16 bits per heavy atom. The van der Waals surface area contributed by atoms with Gasteiger partial charge < -0.3 is 4.90 Å². The molecule has 0 bridgehead atoms. The molecule has 0 spiro atoms. The van der Waals surface area contributed by atoms with Gasteiger partial charge in [-0.05, 0) is 41.8 Å². The van der Waals surface area contributed by atoms with E-state index in [9.17, 15) is 4.79 Å². The lowest BCUT2D eigenvalue weighted by atomic mass is 9.92. The number of aromatic nitrogens is 3. The van der Waals surface area contributed by atoms with E-state index in [1.165, 1.54) is 17.5 Å². The number of nitrogens with zero attached hydrogens (tertiary/aromatic N) is 4. The molecule has 1 aliphatic rings. The minimum absolute atomic E-state index is 0.0104. The number of rotatable bonds is 3. The lowest BCUT2D eigenvalue weighted by Gasteiger charge is -2.37. The van der Waals surface area contributed by atoms with Gasteiger partial charge in [-0.25, -0.2) is 4.98 Å². The summed E-state index contributed by atoms with van der Waals surface area (Å²) < 4.78 is 1.77. The fourth-order valence-corrected chi connectivity index (χ4v) is 3.48. The standard InChI is InChI=1S/C19H17ClN4O/c20-16-7-5-15(6-8-16)19(25)24-10-9-14-3-1-2-4-17(14)18(24)11-23-13-21-12-22-23/h1-8,12-13,18H,9-11H2. The number of halogens is 1. The van der Waals surface area contributed by atoms with Gasteiger partial charge >= 0.3 is 0 Å². The van der Waals surface area contributed by atoms with Crippen molar-refractivity contribution in [1.29, 1.82) is 0 Å². The Hall–Kier alpha value is -2.66. The first-order valence-corrected chi connectivity index (χ1v) is 8.57. The predicted octanol–water partition coefficient (Wildman–Crippen LogP) is 3.37. The number of benzene rings is 2. The third kappa shape index (κ3) is 3.15. The second-order valence-electron chi connectivity index (χ2n) is 6.09. The van der Waals surface area contributed by atoms with E-state index < -0.39 is 0 Å². The van der Waals surface area contributed by atoms with Gasteiger partial charge in [-0.1, -0.05) is 35.9 Å². The molecule has 0 N–H and O–H groups in total. The molecule has 1 amide bonds. The summed E-state index contributed by atoms with van der Waals surface area (Å²) in [4.78, 5) is 19.0. The monoisotopic (exact) mass is 352 g/mol. The number of hydrogen-bond acceptors (Lipinski definition) is 3.